The first kappa shape index (κ1) is 66.8. The van der Waals surface area contributed by atoms with Crippen molar-refractivity contribution in [3.05, 3.63) is 60.8 Å². The lowest BCUT2D eigenvalue weighted by Gasteiger charge is -2.42. The maximum absolute atomic E-state index is 13.0. The van der Waals surface area contributed by atoms with Crippen molar-refractivity contribution in [1.82, 2.24) is 0 Å². The molecule has 14 heteroatoms. The Morgan fingerprint density at radius 1 is 0.466 bits per heavy atom. The molecule has 2 fully saturated rings. The summed E-state index contributed by atoms with van der Waals surface area (Å²) < 4.78 is 34.4. The average molecular weight is 1040 g/mol. The third-order valence-corrected chi connectivity index (χ3v) is 13.5. The fraction of sp³-hybridized carbons (Fsp3) is 0.814. The van der Waals surface area contributed by atoms with Crippen molar-refractivity contribution < 1.29 is 69.0 Å². The van der Waals surface area contributed by atoms with Gasteiger partial charge in [0.25, 0.3) is 0 Å². The topological polar surface area (TPSA) is 214 Å². The van der Waals surface area contributed by atoms with Crippen LogP contribution in [0.3, 0.4) is 0 Å². The predicted molar refractivity (Wildman–Crippen MR) is 289 cm³/mol. The van der Waals surface area contributed by atoms with Crippen molar-refractivity contribution in [3.63, 3.8) is 0 Å². The fourth-order valence-electron chi connectivity index (χ4n) is 8.86. The van der Waals surface area contributed by atoms with Gasteiger partial charge in [0, 0.05) is 13.0 Å². The van der Waals surface area contributed by atoms with Gasteiger partial charge >= 0.3 is 5.97 Å². The molecule has 0 spiro atoms. The molecule has 0 saturated carbocycles. The summed E-state index contributed by atoms with van der Waals surface area (Å²) >= 11 is 0. The normalized spacial score (nSPS) is 25.4. The van der Waals surface area contributed by atoms with Crippen LogP contribution >= 0.6 is 0 Å². The fourth-order valence-corrected chi connectivity index (χ4v) is 8.86. The molecular weight excluding hydrogens is 933 g/mol. The summed E-state index contributed by atoms with van der Waals surface area (Å²) in [5, 5.41) is 72.3. The van der Waals surface area contributed by atoms with E-state index < -0.39 is 86.7 Å². The zero-order valence-electron chi connectivity index (χ0n) is 45.4. The van der Waals surface area contributed by atoms with Gasteiger partial charge in [0.05, 0.1) is 26.4 Å². The first-order valence-corrected chi connectivity index (χ1v) is 28.9. The van der Waals surface area contributed by atoms with Gasteiger partial charge in [-0.2, -0.15) is 0 Å². The number of hydrogen-bond donors (Lipinski definition) is 7. The summed E-state index contributed by atoms with van der Waals surface area (Å²) in [5.41, 5.74) is 0. The molecule has 0 aliphatic carbocycles. The zero-order chi connectivity index (χ0) is 53.0. The molecule has 0 aromatic carbocycles. The van der Waals surface area contributed by atoms with Gasteiger partial charge in [-0.15, -0.1) is 0 Å². The molecule has 11 unspecified atom stereocenters. The molecule has 0 aromatic heterocycles. The van der Waals surface area contributed by atoms with Crippen LogP contribution in [0, 0.1) is 0 Å². The van der Waals surface area contributed by atoms with Gasteiger partial charge in [0.1, 0.15) is 54.9 Å². The quantitative estimate of drug-likeness (QED) is 0.0172. The molecule has 0 aromatic rings. The molecule has 11 atom stereocenters. The highest BCUT2D eigenvalue weighted by atomic mass is 16.7. The first-order chi connectivity index (χ1) is 35.6. The number of unbranched alkanes of at least 4 members (excludes halogenated alkanes) is 22. The Kier molecular flexibility index (Phi) is 42.0. The Labute approximate surface area is 441 Å². The lowest BCUT2D eigenvalue weighted by Crippen LogP contribution is -2.61. The van der Waals surface area contributed by atoms with Crippen molar-refractivity contribution >= 4 is 5.97 Å². The molecule has 424 valence electrons. The van der Waals surface area contributed by atoms with Crippen molar-refractivity contribution in [3.8, 4) is 0 Å². The largest absolute Gasteiger partial charge is 0.457 e. The van der Waals surface area contributed by atoms with Crippen molar-refractivity contribution in [2.45, 2.75) is 274 Å². The van der Waals surface area contributed by atoms with E-state index in [1.54, 1.807) is 0 Å². The minimum Gasteiger partial charge on any atom is -0.457 e. The van der Waals surface area contributed by atoms with Gasteiger partial charge in [-0.25, -0.2) is 0 Å². The van der Waals surface area contributed by atoms with E-state index in [1.165, 1.54) is 103 Å². The van der Waals surface area contributed by atoms with E-state index >= 15 is 0 Å². The second-order valence-electron chi connectivity index (χ2n) is 20.1. The second kappa shape index (κ2) is 45.8. The molecule has 2 heterocycles. The molecule has 2 rings (SSSR count). The van der Waals surface area contributed by atoms with Crippen LogP contribution in [0.4, 0.5) is 0 Å². The summed E-state index contributed by atoms with van der Waals surface area (Å²) in [6, 6.07) is 0. The van der Waals surface area contributed by atoms with Crippen LogP contribution in [0.1, 0.15) is 206 Å². The SMILES string of the molecule is CC/C=C\C/C=C\C/C=C\CCCCCCCC(=O)OC(COCCCCCCCCCCCCCC/C=C\C/C=C\CCCCCCC)COC1OC(COC2OC(CO)C(O)C(O)C2O)C(O)C(O)C1O. The number of carbonyl (C=O) groups excluding carboxylic acids is 1. The van der Waals surface area contributed by atoms with E-state index in [0.717, 1.165) is 77.0 Å². The maximum atomic E-state index is 13.0. The summed E-state index contributed by atoms with van der Waals surface area (Å²) in [5.74, 6) is -0.393. The van der Waals surface area contributed by atoms with Crippen LogP contribution in [0.2, 0.25) is 0 Å². The second-order valence-corrected chi connectivity index (χ2v) is 20.1. The third-order valence-electron chi connectivity index (χ3n) is 13.5. The molecule has 2 aliphatic heterocycles. The highest BCUT2D eigenvalue weighted by Crippen LogP contribution is 2.26. The van der Waals surface area contributed by atoms with Crippen LogP contribution in [0.15, 0.2) is 60.8 Å². The first-order valence-electron chi connectivity index (χ1n) is 28.9. The number of hydrogen-bond acceptors (Lipinski definition) is 14. The van der Waals surface area contributed by atoms with Gasteiger partial charge in [0.2, 0.25) is 0 Å². The van der Waals surface area contributed by atoms with E-state index in [1.807, 2.05) is 0 Å². The van der Waals surface area contributed by atoms with Crippen molar-refractivity contribution in [2.24, 2.45) is 0 Å². The van der Waals surface area contributed by atoms with Gasteiger partial charge in [0.15, 0.2) is 12.6 Å². The van der Waals surface area contributed by atoms with E-state index in [9.17, 15) is 40.5 Å². The van der Waals surface area contributed by atoms with Crippen LogP contribution in [-0.2, 0) is 33.2 Å². The summed E-state index contributed by atoms with van der Waals surface area (Å²) in [6.07, 6.45) is 40.0. The Hall–Kier alpha value is -2.31. The Bertz CT molecular complexity index is 1440. The predicted octanol–water partition coefficient (Wildman–Crippen LogP) is 10.1. The van der Waals surface area contributed by atoms with E-state index in [0.29, 0.717) is 13.0 Å². The highest BCUT2D eigenvalue weighted by molar-refractivity contribution is 5.69. The Balaban J connectivity index is 1.70. The molecule has 7 N–H and O–H groups in total. The van der Waals surface area contributed by atoms with Gasteiger partial charge in [-0.05, 0) is 77.0 Å². The number of ether oxygens (including phenoxy) is 6. The average Bonchev–Trinajstić information content (AvgIpc) is 3.39. The maximum Gasteiger partial charge on any atom is 0.306 e. The summed E-state index contributed by atoms with van der Waals surface area (Å²) in [7, 11) is 0. The van der Waals surface area contributed by atoms with E-state index in [2.05, 4.69) is 74.6 Å². The number of aliphatic hydroxyl groups is 7. The van der Waals surface area contributed by atoms with Crippen LogP contribution < -0.4 is 0 Å². The van der Waals surface area contributed by atoms with Gasteiger partial charge < -0.3 is 64.2 Å². The van der Waals surface area contributed by atoms with Crippen molar-refractivity contribution in [2.75, 3.05) is 33.0 Å². The van der Waals surface area contributed by atoms with Crippen LogP contribution in [0.25, 0.3) is 0 Å². The van der Waals surface area contributed by atoms with Crippen LogP contribution in [-0.4, -0.2) is 142 Å². The summed E-state index contributed by atoms with van der Waals surface area (Å²) in [6.45, 7) is 3.55. The Morgan fingerprint density at radius 2 is 0.890 bits per heavy atom. The molecule has 73 heavy (non-hydrogen) atoms. The molecule has 2 aliphatic rings. The smallest absolute Gasteiger partial charge is 0.306 e. The van der Waals surface area contributed by atoms with Gasteiger partial charge in [-0.3, -0.25) is 4.79 Å². The molecule has 0 radical (unpaired) electrons. The molecule has 2 saturated heterocycles. The number of aliphatic hydroxyl groups excluding tert-OH is 7. The summed E-state index contributed by atoms with van der Waals surface area (Å²) in [4.78, 5) is 13.0. The zero-order valence-corrected chi connectivity index (χ0v) is 45.4. The lowest BCUT2D eigenvalue weighted by atomic mass is 9.98. The monoisotopic (exact) mass is 1040 g/mol. The molecule has 0 bridgehead atoms. The number of allylic oxidation sites excluding steroid dienone is 10. The molecular formula is C59H104O14. The number of rotatable bonds is 46. The van der Waals surface area contributed by atoms with E-state index in [4.69, 9.17) is 28.4 Å². The van der Waals surface area contributed by atoms with E-state index in [-0.39, 0.29) is 19.6 Å². The minimum absolute atomic E-state index is 0.0518. The third kappa shape index (κ3) is 32.8. The minimum atomic E-state index is -1.71. The molecule has 0 amide bonds. The molecule has 14 nitrogen and oxygen atoms in total. The van der Waals surface area contributed by atoms with Crippen LogP contribution in [0.5, 0.6) is 0 Å². The lowest BCUT2D eigenvalue weighted by molar-refractivity contribution is -0.332. The number of esters is 1. The standard InChI is InChI=1S/C59H104O14/c1-3-5-7-9-11-13-15-17-19-20-21-22-23-24-25-26-27-29-31-33-35-37-39-41-43-68-45-48(71-51(61)42-40-38-36-34-32-30-28-18-16-14-12-10-8-6-4-2)46-69-58-57(67)55(65)53(63)50(73-58)47-70-59-56(66)54(64)52(62)49(44-60)72-59/h6,8,12,14-15,17-18,20-21,28,48-50,52-60,62-67H,3-5,7,9-11,13,16,19,22-27,29-47H2,1-2H3/b8-6-,14-12-,17-15-,21-20-,28-18-. The van der Waals surface area contributed by atoms with Crippen molar-refractivity contribution in [1.29, 1.82) is 0 Å². The number of carbonyl (C=O) groups is 1. The van der Waals surface area contributed by atoms with Gasteiger partial charge in [-0.1, -0.05) is 184 Å². The Morgan fingerprint density at radius 3 is 1.40 bits per heavy atom. The highest BCUT2D eigenvalue weighted by Gasteiger charge is 2.47.